The standard InChI is InChI=1S/C17H17FN2O/c1-12(21)16-8-5-14(10-19)9-17(16)20(2)11-13-3-6-15(18)7-4-13/h3-9,12,21H,11H2,1-2H3/t12-/m1/s1. The monoisotopic (exact) mass is 284 g/mol. The van der Waals surface area contributed by atoms with Gasteiger partial charge >= 0.3 is 0 Å². The van der Waals surface area contributed by atoms with Gasteiger partial charge in [0.2, 0.25) is 0 Å². The van der Waals surface area contributed by atoms with E-state index in [-0.39, 0.29) is 5.82 Å². The lowest BCUT2D eigenvalue weighted by molar-refractivity contribution is 0.199. The van der Waals surface area contributed by atoms with Crippen LogP contribution in [0.5, 0.6) is 0 Å². The quantitative estimate of drug-likeness (QED) is 0.936. The van der Waals surface area contributed by atoms with Crippen molar-refractivity contribution in [2.24, 2.45) is 0 Å². The molecule has 0 aliphatic carbocycles. The van der Waals surface area contributed by atoms with Gasteiger partial charge in [-0.15, -0.1) is 0 Å². The van der Waals surface area contributed by atoms with E-state index in [0.29, 0.717) is 12.1 Å². The Labute approximate surface area is 123 Å². The van der Waals surface area contributed by atoms with Gasteiger partial charge in [0.1, 0.15) is 5.82 Å². The van der Waals surface area contributed by atoms with E-state index < -0.39 is 6.10 Å². The molecule has 0 saturated carbocycles. The lowest BCUT2D eigenvalue weighted by Gasteiger charge is -2.24. The fourth-order valence-corrected chi connectivity index (χ4v) is 2.25. The minimum absolute atomic E-state index is 0.266. The highest BCUT2D eigenvalue weighted by molar-refractivity contribution is 5.58. The third-order valence-corrected chi connectivity index (χ3v) is 3.35. The van der Waals surface area contributed by atoms with Gasteiger partial charge in [0.15, 0.2) is 0 Å². The molecule has 2 aromatic rings. The second-order valence-corrected chi connectivity index (χ2v) is 5.04. The topological polar surface area (TPSA) is 47.3 Å². The van der Waals surface area contributed by atoms with Crippen molar-refractivity contribution in [3.05, 3.63) is 65.0 Å². The van der Waals surface area contributed by atoms with E-state index >= 15 is 0 Å². The first-order chi connectivity index (χ1) is 10.0. The molecule has 2 aromatic carbocycles. The van der Waals surface area contributed by atoms with Gasteiger partial charge in [-0.3, -0.25) is 0 Å². The van der Waals surface area contributed by atoms with Gasteiger partial charge in [0.25, 0.3) is 0 Å². The smallest absolute Gasteiger partial charge is 0.123 e. The number of halogens is 1. The summed E-state index contributed by atoms with van der Waals surface area (Å²) in [7, 11) is 1.88. The SMILES string of the molecule is C[C@@H](O)c1ccc(C#N)cc1N(C)Cc1ccc(F)cc1. The number of hydrogen-bond donors (Lipinski definition) is 1. The molecule has 0 amide bonds. The summed E-state index contributed by atoms with van der Waals surface area (Å²) in [5.74, 6) is -0.266. The second kappa shape index (κ2) is 6.38. The molecule has 0 aliphatic heterocycles. The van der Waals surface area contributed by atoms with Crippen LogP contribution in [0.15, 0.2) is 42.5 Å². The summed E-state index contributed by atoms with van der Waals surface area (Å²) >= 11 is 0. The number of aliphatic hydroxyl groups excluding tert-OH is 1. The highest BCUT2D eigenvalue weighted by Gasteiger charge is 2.13. The third kappa shape index (κ3) is 3.59. The molecule has 0 unspecified atom stereocenters. The van der Waals surface area contributed by atoms with Crippen molar-refractivity contribution < 1.29 is 9.50 Å². The molecule has 0 radical (unpaired) electrons. The Morgan fingerprint density at radius 1 is 1.24 bits per heavy atom. The summed E-state index contributed by atoms with van der Waals surface area (Å²) in [4.78, 5) is 1.94. The van der Waals surface area contributed by atoms with Gasteiger partial charge in [0.05, 0.1) is 17.7 Å². The normalized spacial score (nSPS) is 11.8. The molecule has 2 rings (SSSR count). The number of benzene rings is 2. The minimum atomic E-state index is -0.622. The number of nitriles is 1. The van der Waals surface area contributed by atoms with Crippen molar-refractivity contribution in [2.45, 2.75) is 19.6 Å². The lowest BCUT2D eigenvalue weighted by atomic mass is 10.0. The Hall–Kier alpha value is -2.38. The summed E-state index contributed by atoms with van der Waals surface area (Å²) in [6, 6.07) is 13.6. The fraction of sp³-hybridized carbons (Fsp3) is 0.235. The van der Waals surface area contributed by atoms with E-state index in [9.17, 15) is 9.50 Å². The number of nitrogens with zero attached hydrogens (tertiary/aromatic N) is 2. The van der Waals surface area contributed by atoms with Crippen LogP contribution in [0.3, 0.4) is 0 Å². The Morgan fingerprint density at radius 3 is 2.48 bits per heavy atom. The molecular weight excluding hydrogens is 267 g/mol. The first-order valence-corrected chi connectivity index (χ1v) is 6.69. The van der Waals surface area contributed by atoms with E-state index in [1.807, 2.05) is 11.9 Å². The van der Waals surface area contributed by atoms with Crippen LogP contribution in [0, 0.1) is 17.1 Å². The second-order valence-electron chi connectivity index (χ2n) is 5.04. The van der Waals surface area contributed by atoms with E-state index in [4.69, 9.17) is 5.26 Å². The van der Waals surface area contributed by atoms with Crippen LogP contribution in [0.1, 0.15) is 29.7 Å². The van der Waals surface area contributed by atoms with Crippen LogP contribution in [0.4, 0.5) is 10.1 Å². The van der Waals surface area contributed by atoms with E-state index in [2.05, 4.69) is 6.07 Å². The number of hydrogen-bond acceptors (Lipinski definition) is 3. The Balaban J connectivity index is 2.31. The summed E-state index contributed by atoms with van der Waals surface area (Å²) in [5.41, 5.74) is 3.06. The van der Waals surface area contributed by atoms with Crippen LogP contribution in [0.25, 0.3) is 0 Å². The van der Waals surface area contributed by atoms with Gasteiger partial charge in [-0.2, -0.15) is 5.26 Å². The van der Waals surface area contributed by atoms with Gasteiger partial charge in [-0.1, -0.05) is 18.2 Å². The molecule has 0 aromatic heterocycles. The van der Waals surface area contributed by atoms with Crippen molar-refractivity contribution >= 4 is 5.69 Å². The largest absolute Gasteiger partial charge is 0.389 e. The van der Waals surface area contributed by atoms with E-state index in [0.717, 1.165) is 16.8 Å². The van der Waals surface area contributed by atoms with Crippen LogP contribution in [-0.2, 0) is 6.54 Å². The summed E-state index contributed by atoms with van der Waals surface area (Å²) < 4.78 is 12.9. The molecule has 0 bridgehead atoms. The maximum Gasteiger partial charge on any atom is 0.123 e. The molecule has 108 valence electrons. The van der Waals surface area contributed by atoms with Crippen LogP contribution < -0.4 is 4.90 Å². The molecular formula is C17H17FN2O. The average Bonchev–Trinajstić information content (AvgIpc) is 2.48. The van der Waals surface area contributed by atoms with E-state index in [1.165, 1.54) is 12.1 Å². The maximum atomic E-state index is 12.9. The zero-order chi connectivity index (χ0) is 15.4. The zero-order valence-electron chi connectivity index (χ0n) is 12.0. The Kier molecular flexibility index (Phi) is 4.56. The van der Waals surface area contributed by atoms with Crippen LogP contribution in [-0.4, -0.2) is 12.2 Å². The Morgan fingerprint density at radius 2 is 1.90 bits per heavy atom. The minimum Gasteiger partial charge on any atom is -0.389 e. The predicted octanol–water partition coefficient (Wildman–Crippen LogP) is 3.39. The first-order valence-electron chi connectivity index (χ1n) is 6.69. The van der Waals surface area contributed by atoms with Gasteiger partial charge in [-0.25, -0.2) is 4.39 Å². The van der Waals surface area contributed by atoms with Crippen LogP contribution in [0.2, 0.25) is 0 Å². The third-order valence-electron chi connectivity index (χ3n) is 3.35. The number of aliphatic hydroxyl groups is 1. The van der Waals surface area contributed by atoms with Crippen molar-refractivity contribution in [3.63, 3.8) is 0 Å². The summed E-state index contributed by atoms with van der Waals surface area (Å²) in [5, 5.41) is 18.9. The van der Waals surface area contributed by atoms with Crippen molar-refractivity contribution in [2.75, 3.05) is 11.9 Å². The molecule has 4 heteroatoms. The van der Waals surface area contributed by atoms with Gasteiger partial charge < -0.3 is 10.0 Å². The van der Waals surface area contributed by atoms with E-state index in [1.54, 1.807) is 37.3 Å². The maximum absolute atomic E-state index is 12.9. The first kappa shape index (κ1) is 15.0. The highest BCUT2D eigenvalue weighted by atomic mass is 19.1. The molecule has 0 saturated heterocycles. The lowest BCUT2D eigenvalue weighted by Crippen LogP contribution is -2.18. The van der Waals surface area contributed by atoms with Crippen LogP contribution >= 0.6 is 0 Å². The number of anilines is 1. The molecule has 1 atom stereocenters. The molecule has 0 aliphatic rings. The van der Waals surface area contributed by atoms with Crippen molar-refractivity contribution in [3.8, 4) is 6.07 Å². The average molecular weight is 284 g/mol. The van der Waals surface area contributed by atoms with Gasteiger partial charge in [0, 0.05) is 24.8 Å². The Bertz CT molecular complexity index is 659. The molecule has 3 nitrogen and oxygen atoms in total. The van der Waals surface area contributed by atoms with Crippen molar-refractivity contribution in [1.29, 1.82) is 5.26 Å². The summed E-state index contributed by atoms with van der Waals surface area (Å²) in [6.45, 7) is 2.26. The fourth-order valence-electron chi connectivity index (χ4n) is 2.25. The zero-order valence-corrected chi connectivity index (χ0v) is 12.0. The summed E-state index contributed by atoms with van der Waals surface area (Å²) in [6.07, 6.45) is -0.622. The van der Waals surface area contributed by atoms with Gasteiger partial charge in [-0.05, 0) is 36.8 Å². The molecule has 0 spiro atoms. The molecule has 0 heterocycles. The van der Waals surface area contributed by atoms with Crippen molar-refractivity contribution in [1.82, 2.24) is 0 Å². The molecule has 1 N–H and O–H groups in total. The number of rotatable bonds is 4. The molecule has 0 fully saturated rings. The predicted molar refractivity (Wildman–Crippen MR) is 80.3 cm³/mol. The molecule has 21 heavy (non-hydrogen) atoms. The highest BCUT2D eigenvalue weighted by Crippen LogP contribution is 2.28.